The summed E-state index contributed by atoms with van der Waals surface area (Å²) >= 11 is 6.05. The Morgan fingerprint density at radius 2 is 1.77 bits per heavy atom. The van der Waals surface area contributed by atoms with Gasteiger partial charge in [0.15, 0.2) is 0 Å². The number of nitrogens with zero attached hydrogens (tertiary/aromatic N) is 1. The van der Waals surface area contributed by atoms with E-state index in [1.165, 1.54) is 6.07 Å². The Kier molecular flexibility index (Phi) is 6.45. The van der Waals surface area contributed by atoms with Crippen molar-refractivity contribution in [1.82, 2.24) is 4.31 Å². The van der Waals surface area contributed by atoms with Crippen LogP contribution in [0.15, 0.2) is 47.4 Å². The van der Waals surface area contributed by atoms with Gasteiger partial charge < -0.3 is 5.32 Å². The molecule has 10 heteroatoms. The van der Waals surface area contributed by atoms with E-state index in [2.05, 4.69) is 5.32 Å². The van der Waals surface area contributed by atoms with E-state index in [9.17, 15) is 26.4 Å². The van der Waals surface area contributed by atoms with Crippen LogP contribution in [0.1, 0.15) is 24.0 Å². The molecule has 1 heterocycles. The lowest BCUT2D eigenvalue weighted by atomic mass is 9.97. The molecule has 2 aromatic carbocycles. The van der Waals surface area contributed by atoms with Gasteiger partial charge in [-0.3, -0.25) is 4.79 Å². The van der Waals surface area contributed by atoms with E-state index in [0.717, 1.165) is 28.1 Å². The monoisotopic (exact) mass is 460 g/mol. The van der Waals surface area contributed by atoms with Gasteiger partial charge in [0.1, 0.15) is 0 Å². The number of piperidine rings is 1. The molecule has 1 saturated heterocycles. The molecule has 5 nitrogen and oxygen atoms in total. The van der Waals surface area contributed by atoms with Gasteiger partial charge in [-0.25, -0.2) is 8.42 Å². The van der Waals surface area contributed by atoms with Crippen molar-refractivity contribution < 1.29 is 26.4 Å². The summed E-state index contributed by atoms with van der Waals surface area (Å²) in [7, 11) is -4.33. The highest BCUT2D eigenvalue weighted by Gasteiger charge is 2.40. The number of rotatable bonds is 4. The molecule has 0 aliphatic carbocycles. The molecule has 0 bridgehead atoms. The van der Waals surface area contributed by atoms with Crippen LogP contribution in [0, 0.1) is 12.8 Å². The van der Waals surface area contributed by atoms with Gasteiger partial charge in [-0.15, -0.1) is 0 Å². The number of carbonyl (C=O) groups excluding carboxylic acids is 1. The summed E-state index contributed by atoms with van der Waals surface area (Å²) < 4.78 is 66.3. The standard InChI is InChI=1S/C20H20ClF3N2O3S/c1-13-6-7-15(12-17(13)21)25-19(27)14-8-10-26(11-9-14)30(28,29)18-5-3-2-4-16(18)20(22,23)24/h2-7,12,14H,8-11H2,1H3,(H,25,27). The Balaban J connectivity index is 1.69. The van der Waals surface area contributed by atoms with Crippen LogP contribution in [-0.2, 0) is 21.0 Å². The highest BCUT2D eigenvalue weighted by atomic mass is 35.5. The first kappa shape index (κ1) is 22.6. The van der Waals surface area contributed by atoms with Crippen molar-refractivity contribution in [2.75, 3.05) is 18.4 Å². The quantitative estimate of drug-likeness (QED) is 0.718. The number of halogens is 4. The van der Waals surface area contributed by atoms with Crippen molar-refractivity contribution in [2.45, 2.75) is 30.8 Å². The predicted octanol–water partition coefficient (Wildman–Crippen LogP) is 4.71. The summed E-state index contributed by atoms with van der Waals surface area (Å²) in [4.78, 5) is 11.7. The van der Waals surface area contributed by atoms with E-state index in [4.69, 9.17) is 11.6 Å². The molecule has 0 unspecified atom stereocenters. The number of carbonyl (C=O) groups is 1. The van der Waals surface area contributed by atoms with Crippen molar-refractivity contribution in [2.24, 2.45) is 5.92 Å². The van der Waals surface area contributed by atoms with Crippen LogP contribution in [0.3, 0.4) is 0 Å². The Hall–Kier alpha value is -2.10. The molecule has 1 aliphatic heterocycles. The van der Waals surface area contributed by atoms with Gasteiger partial charge >= 0.3 is 6.18 Å². The van der Waals surface area contributed by atoms with E-state index in [-0.39, 0.29) is 31.8 Å². The van der Waals surface area contributed by atoms with E-state index in [0.29, 0.717) is 10.7 Å². The number of amides is 1. The van der Waals surface area contributed by atoms with Gasteiger partial charge in [0.2, 0.25) is 15.9 Å². The molecular weight excluding hydrogens is 441 g/mol. The van der Waals surface area contributed by atoms with Gasteiger partial charge in [0.25, 0.3) is 0 Å². The zero-order valence-electron chi connectivity index (χ0n) is 16.0. The summed E-state index contributed by atoms with van der Waals surface area (Å²) in [5, 5.41) is 3.26. The molecule has 0 aromatic heterocycles. The Bertz CT molecular complexity index is 1050. The molecule has 0 atom stereocenters. The Labute approximate surface area is 177 Å². The maximum Gasteiger partial charge on any atom is 0.417 e. The maximum atomic E-state index is 13.2. The maximum absolute atomic E-state index is 13.2. The summed E-state index contributed by atoms with van der Waals surface area (Å²) in [5.74, 6) is -0.725. The van der Waals surface area contributed by atoms with Crippen LogP contribution in [-0.4, -0.2) is 31.7 Å². The Morgan fingerprint density at radius 3 is 2.37 bits per heavy atom. The molecule has 0 radical (unpaired) electrons. The van der Waals surface area contributed by atoms with E-state index in [1.54, 1.807) is 18.2 Å². The molecule has 30 heavy (non-hydrogen) atoms. The van der Waals surface area contributed by atoms with Gasteiger partial charge in [-0.2, -0.15) is 17.5 Å². The predicted molar refractivity (Wildman–Crippen MR) is 108 cm³/mol. The summed E-state index contributed by atoms with van der Waals surface area (Å²) in [6.07, 6.45) is -4.37. The van der Waals surface area contributed by atoms with Crippen LogP contribution in [0.25, 0.3) is 0 Å². The van der Waals surface area contributed by atoms with Crippen LogP contribution in [0.4, 0.5) is 18.9 Å². The fraction of sp³-hybridized carbons (Fsp3) is 0.350. The summed E-state index contributed by atoms with van der Waals surface area (Å²) in [5.41, 5.74) is 0.207. The molecule has 1 N–H and O–H groups in total. The number of hydrogen-bond acceptors (Lipinski definition) is 3. The molecule has 1 aliphatic rings. The van der Waals surface area contributed by atoms with Gasteiger partial charge in [-0.1, -0.05) is 29.8 Å². The highest BCUT2D eigenvalue weighted by Crippen LogP contribution is 2.36. The fourth-order valence-corrected chi connectivity index (χ4v) is 5.20. The van der Waals surface area contributed by atoms with Crippen molar-refractivity contribution in [3.63, 3.8) is 0 Å². The van der Waals surface area contributed by atoms with E-state index < -0.39 is 32.6 Å². The fourth-order valence-electron chi connectivity index (χ4n) is 3.34. The zero-order chi connectivity index (χ0) is 22.1. The molecule has 2 aromatic rings. The summed E-state index contributed by atoms with van der Waals surface area (Å²) in [6, 6.07) is 9.23. The number of anilines is 1. The number of hydrogen-bond donors (Lipinski definition) is 1. The van der Waals surface area contributed by atoms with Crippen LogP contribution >= 0.6 is 11.6 Å². The molecule has 3 rings (SSSR count). The first-order chi connectivity index (χ1) is 14.0. The average Bonchev–Trinajstić information content (AvgIpc) is 2.70. The minimum absolute atomic E-state index is 0.0404. The van der Waals surface area contributed by atoms with E-state index in [1.807, 2.05) is 6.92 Å². The third kappa shape index (κ3) is 4.79. The number of nitrogens with one attached hydrogen (secondary N) is 1. The molecule has 1 amide bonds. The van der Waals surface area contributed by atoms with Crippen molar-refractivity contribution in [1.29, 1.82) is 0 Å². The number of sulfonamides is 1. The van der Waals surface area contributed by atoms with Gasteiger partial charge in [-0.05, 0) is 49.6 Å². The second kappa shape index (κ2) is 8.56. The SMILES string of the molecule is Cc1ccc(NC(=O)C2CCN(S(=O)(=O)c3ccccc3C(F)(F)F)CC2)cc1Cl. The van der Waals surface area contributed by atoms with Crippen LogP contribution in [0.5, 0.6) is 0 Å². The Morgan fingerprint density at radius 1 is 1.13 bits per heavy atom. The van der Waals surface area contributed by atoms with Gasteiger partial charge in [0.05, 0.1) is 10.5 Å². The molecule has 0 spiro atoms. The zero-order valence-corrected chi connectivity index (χ0v) is 17.6. The summed E-state index contributed by atoms with van der Waals surface area (Å²) in [6.45, 7) is 1.75. The number of aryl methyl sites for hydroxylation is 1. The van der Waals surface area contributed by atoms with Gasteiger partial charge in [0, 0.05) is 29.7 Å². The second-order valence-electron chi connectivity index (χ2n) is 7.13. The molecule has 162 valence electrons. The average molecular weight is 461 g/mol. The number of benzene rings is 2. The third-order valence-electron chi connectivity index (χ3n) is 5.07. The molecule has 0 saturated carbocycles. The van der Waals surface area contributed by atoms with Crippen LogP contribution in [0.2, 0.25) is 5.02 Å². The lowest BCUT2D eigenvalue weighted by Crippen LogP contribution is -2.41. The van der Waals surface area contributed by atoms with Crippen molar-refractivity contribution in [3.05, 3.63) is 58.6 Å². The van der Waals surface area contributed by atoms with Crippen molar-refractivity contribution >= 4 is 33.2 Å². The van der Waals surface area contributed by atoms with Crippen LogP contribution < -0.4 is 5.32 Å². The largest absolute Gasteiger partial charge is 0.417 e. The molecule has 1 fully saturated rings. The lowest BCUT2D eigenvalue weighted by Gasteiger charge is -2.31. The van der Waals surface area contributed by atoms with Crippen molar-refractivity contribution in [3.8, 4) is 0 Å². The first-order valence-corrected chi connectivity index (χ1v) is 11.1. The minimum Gasteiger partial charge on any atom is -0.326 e. The normalized spacial score (nSPS) is 16.4. The minimum atomic E-state index is -4.78. The number of alkyl halides is 3. The smallest absolute Gasteiger partial charge is 0.326 e. The third-order valence-corrected chi connectivity index (χ3v) is 7.44. The highest BCUT2D eigenvalue weighted by molar-refractivity contribution is 7.89. The topological polar surface area (TPSA) is 66.5 Å². The first-order valence-electron chi connectivity index (χ1n) is 9.23. The van der Waals surface area contributed by atoms with E-state index >= 15 is 0 Å². The second-order valence-corrected chi connectivity index (χ2v) is 9.44. The lowest BCUT2D eigenvalue weighted by molar-refractivity contribution is -0.139. The molecular formula is C20H20ClF3N2O3S.